The Morgan fingerprint density at radius 2 is 1.84 bits per heavy atom. The lowest BCUT2D eigenvalue weighted by Crippen LogP contribution is -2.58. The molecule has 0 bridgehead atoms. The minimum absolute atomic E-state index is 0.0106. The van der Waals surface area contributed by atoms with Gasteiger partial charge in [0.1, 0.15) is 11.4 Å². The molecule has 0 unspecified atom stereocenters. The first-order valence-electron chi connectivity index (χ1n) is 23.5. The summed E-state index contributed by atoms with van der Waals surface area (Å²) in [7, 11) is -2.22. The summed E-state index contributed by atoms with van der Waals surface area (Å²) in [5.41, 5.74) is 3.74. The van der Waals surface area contributed by atoms with Crippen molar-refractivity contribution in [1.82, 2.24) is 34.8 Å². The van der Waals surface area contributed by atoms with Crippen molar-refractivity contribution in [3.05, 3.63) is 93.5 Å². The van der Waals surface area contributed by atoms with Gasteiger partial charge in [0.05, 0.1) is 50.0 Å². The van der Waals surface area contributed by atoms with Gasteiger partial charge in [0.2, 0.25) is 11.5 Å². The van der Waals surface area contributed by atoms with E-state index in [9.17, 15) is 19.5 Å². The third-order valence-corrected chi connectivity index (χ3v) is 18.3. The summed E-state index contributed by atoms with van der Waals surface area (Å²) in [6.45, 7) is 21.6. The molecule has 3 fully saturated rings. The van der Waals surface area contributed by atoms with Crippen molar-refractivity contribution in [3.63, 3.8) is 0 Å². The van der Waals surface area contributed by atoms with Crippen LogP contribution in [0.25, 0.3) is 10.9 Å². The number of benzene rings is 2. The number of carbonyl (C=O) groups excluding carboxylic acids is 2. The number of phenols is 1. The van der Waals surface area contributed by atoms with E-state index >= 15 is 0 Å². The first-order chi connectivity index (χ1) is 30.6. The first-order valence-corrected chi connectivity index (χ1v) is 26.4. The number of nitrogens with zero attached hydrogens (tertiary/aromatic N) is 5. The second-order valence-corrected chi connectivity index (χ2v) is 24.4. The van der Waals surface area contributed by atoms with E-state index in [4.69, 9.17) is 13.9 Å². The fourth-order valence-corrected chi connectivity index (χ4v) is 9.96. The lowest BCUT2D eigenvalue weighted by Gasteiger charge is -2.47. The van der Waals surface area contributed by atoms with Gasteiger partial charge in [0.25, 0.3) is 5.91 Å². The normalized spacial score (nSPS) is 17.6. The highest BCUT2D eigenvalue weighted by atomic mass is 28.4. The third kappa shape index (κ3) is 12.3. The Kier molecular flexibility index (Phi) is 15.5. The van der Waals surface area contributed by atoms with E-state index < -0.39 is 8.32 Å². The van der Waals surface area contributed by atoms with E-state index in [2.05, 4.69) is 78.4 Å². The van der Waals surface area contributed by atoms with Crippen LogP contribution >= 0.6 is 0 Å². The molecular formula is C49H71N7O7Si. The number of phenolic OH excluding ortho intramolecular Hbond substituents is 1. The van der Waals surface area contributed by atoms with E-state index in [0.29, 0.717) is 82.6 Å². The van der Waals surface area contributed by atoms with Gasteiger partial charge < -0.3 is 39.1 Å². The third-order valence-electron chi connectivity index (χ3n) is 13.8. The Hall–Kier alpha value is -4.38. The van der Waals surface area contributed by atoms with Crippen LogP contribution in [0, 0.1) is 5.92 Å². The van der Waals surface area contributed by atoms with E-state index in [-0.39, 0.29) is 39.9 Å². The molecule has 4 aromatic rings. The van der Waals surface area contributed by atoms with E-state index in [1.807, 2.05) is 39.7 Å². The van der Waals surface area contributed by atoms with Gasteiger partial charge in [-0.05, 0) is 98.0 Å². The van der Waals surface area contributed by atoms with Crippen molar-refractivity contribution in [2.45, 2.75) is 109 Å². The van der Waals surface area contributed by atoms with Crippen molar-refractivity contribution in [2.24, 2.45) is 5.92 Å². The lowest BCUT2D eigenvalue weighted by molar-refractivity contribution is -0.132. The maximum atomic E-state index is 13.4. The zero-order valence-corrected chi connectivity index (χ0v) is 40.0. The predicted octanol–water partition coefficient (Wildman–Crippen LogP) is 6.50. The molecule has 1 aliphatic carbocycles. The zero-order chi connectivity index (χ0) is 45.5. The number of ether oxygens (including phenoxy) is 2. The number of pyridine rings is 1. The molecule has 1 spiro atoms. The topological polar surface area (TPSA) is 154 Å². The van der Waals surface area contributed by atoms with Gasteiger partial charge in [0.15, 0.2) is 8.32 Å². The highest BCUT2D eigenvalue weighted by Crippen LogP contribution is 2.41. The molecule has 2 aromatic heterocycles. The Labute approximate surface area is 379 Å². The fraction of sp³-hybridized carbons (Fsp3) is 0.592. The first kappa shape index (κ1) is 47.6. The molecule has 2 aliphatic heterocycles. The number of likely N-dealkylation sites (N-methyl/N-ethyl adjacent to an activating group) is 1. The molecule has 1 atom stereocenters. The predicted molar refractivity (Wildman–Crippen MR) is 252 cm³/mol. The van der Waals surface area contributed by atoms with Gasteiger partial charge in [0, 0.05) is 76.6 Å². The molecule has 7 rings (SSSR count). The molecule has 0 radical (unpaired) electrons. The summed E-state index contributed by atoms with van der Waals surface area (Å²) >= 11 is 0. The van der Waals surface area contributed by atoms with Gasteiger partial charge in [-0.2, -0.15) is 5.10 Å². The Balaban J connectivity index is 0.816. The SMILES string of the molecule is CCN(CCNC[C@H](O[Si](C)(C)C(C)(C)C)c1ccc(O)c2[nH]c(=O)ccc12)C(=O)CCOCCc1cccc(CN2CCC3(CC2)CN(C(=O)c2ccn(CC4CC4)n2)CCO3)c1. The van der Waals surface area contributed by atoms with Crippen molar-refractivity contribution in [2.75, 3.05) is 72.2 Å². The van der Waals surface area contributed by atoms with Crippen molar-refractivity contribution < 1.29 is 28.6 Å². The standard InChI is InChI=1S/C49H71N7O7Si/c1-7-54(26-22-50-32-43(63-64(5,6)48(2,3)4)39-13-15-42(57)46-40(39)14-16-44(58)51-46)45(59)19-29-61-28-18-36-9-8-10-38(31-36)33-53-24-20-49(21-25-53)35-55(27-30-62-49)47(60)41-17-23-56(52-41)34-37-11-12-37/h8-10,13-17,23,31,37,43,50,57H,7,11-12,18-22,24-30,32-35H2,1-6H3,(H,51,58)/t43-/m0/s1. The Bertz CT molecular complexity index is 2260. The van der Waals surface area contributed by atoms with Gasteiger partial charge in [-0.15, -0.1) is 0 Å². The van der Waals surface area contributed by atoms with Crippen LogP contribution in [0.4, 0.5) is 0 Å². The molecular weight excluding hydrogens is 827 g/mol. The van der Waals surface area contributed by atoms with Crippen LogP contribution in [0.5, 0.6) is 5.75 Å². The molecule has 348 valence electrons. The van der Waals surface area contributed by atoms with Crippen molar-refractivity contribution in [3.8, 4) is 5.75 Å². The number of aromatic nitrogens is 3. The number of aromatic amines is 1. The minimum atomic E-state index is -2.22. The van der Waals surface area contributed by atoms with Gasteiger partial charge in [-0.3, -0.25) is 24.0 Å². The van der Waals surface area contributed by atoms with Gasteiger partial charge >= 0.3 is 0 Å². The molecule has 14 nitrogen and oxygen atoms in total. The van der Waals surface area contributed by atoms with Crippen LogP contribution in [0.2, 0.25) is 18.1 Å². The molecule has 3 aliphatic rings. The zero-order valence-electron chi connectivity index (χ0n) is 39.0. The smallest absolute Gasteiger partial charge is 0.274 e. The highest BCUT2D eigenvalue weighted by molar-refractivity contribution is 6.74. The summed E-state index contributed by atoms with van der Waals surface area (Å²) in [5.74, 6) is 0.804. The molecule has 2 amide bonds. The lowest BCUT2D eigenvalue weighted by atomic mass is 9.89. The molecule has 4 heterocycles. The number of fused-ring (bicyclic) bond motifs is 1. The van der Waals surface area contributed by atoms with Crippen LogP contribution < -0.4 is 10.9 Å². The number of H-pyrrole nitrogens is 1. The van der Waals surface area contributed by atoms with Crippen LogP contribution in [0.1, 0.15) is 93.1 Å². The highest BCUT2D eigenvalue weighted by Gasteiger charge is 2.42. The molecule has 2 saturated heterocycles. The molecule has 64 heavy (non-hydrogen) atoms. The van der Waals surface area contributed by atoms with Crippen LogP contribution in [-0.2, 0) is 38.2 Å². The second-order valence-electron chi connectivity index (χ2n) is 19.7. The fourth-order valence-electron chi connectivity index (χ4n) is 8.69. The molecule has 1 saturated carbocycles. The summed E-state index contributed by atoms with van der Waals surface area (Å²) in [6.07, 6.45) is 7.00. The number of amides is 2. The largest absolute Gasteiger partial charge is 0.506 e. The Morgan fingerprint density at radius 1 is 1.06 bits per heavy atom. The number of hydrogen-bond donors (Lipinski definition) is 3. The Morgan fingerprint density at radius 3 is 2.59 bits per heavy atom. The van der Waals surface area contributed by atoms with E-state index in [0.717, 1.165) is 56.4 Å². The number of piperidine rings is 1. The average Bonchev–Trinajstić information content (AvgIpc) is 3.96. The monoisotopic (exact) mass is 898 g/mol. The van der Waals surface area contributed by atoms with Crippen LogP contribution in [0.15, 0.2) is 65.6 Å². The van der Waals surface area contributed by atoms with Crippen molar-refractivity contribution in [1.29, 1.82) is 0 Å². The maximum absolute atomic E-state index is 13.4. The average molecular weight is 898 g/mol. The molecule has 15 heteroatoms. The molecule has 3 N–H and O–H groups in total. The number of likely N-dealkylation sites (tertiary alicyclic amines) is 1. The van der Waals surface area contributed by atoms with Crippen LogP contribution in [-0.4, -0.2) is 132 Å². The summed E-state index contributed by atoms with van der Waals surface area (Å²) in [6, 6.07) is 17.3. The van der Waals surface area contributed by atoms with E-state index in [1.54, 1.807) is 12.1 Å². The number of hydrogen-bond acceptors (Lipinski definition) is 10. The van der Waals surface area contributed by atoms with Crippen molar-refractivity contribution >= 4 is 31.0 Å². The number of aromatic hydroxyl groups is 1. The van der Waals surface area contributed by atoms with Gasteiger partial charge in [-0.25, -0.2) is 0 Å². The minimum Gasteiger partial charge on any atom is -0.506 e. The quantitative estimate of drug-likeness (QED) is 0.0662. The van der Waals surface area contributed by atoms with Crippen LogP contribution in [0.3, 0.4) is 0 Å². The summed E-state index contributed by atoms with van der Waals surface area (Å²) in [4.78, 5) is 47.8. The molecule has 2 aromatic carbocycles. The summed E-state index contributed by atoms with van der Waals surface area (Å²) in [5, 5.41) is 19.4. The van der Waals surface area contributed by atoms with Gasteiger partial charge in [-0.1, -0.05) is 51.1 Å². The van der Waals surface area contributed by atoms with E-state index in [1.165, 1.54) is 30.0 Å². The maximum Gasteiger partial charge on any atom is 0.274 e. The summed E-state index contributed by atoms with van der Waals surface area (Å²) < 4.78 is 21.2. The number of nitrogens with one attached hydrogen (secondary N) is 2. The number of carbonyl (C=O) groups is 2. The number of morpholine rings is 1. The number of rotatable bonds is 20. The second kappa shape index (κ2) is 20.8.